The Kier molecular flexibility index (Phi) is 7.19. The van der Waals surface area contributed by atoms with Gasteiger partial charge in [-0.1, -0.05) is 12.1 Å². The molecule has 2 fully saturated rings. The third-order valence-corrected chi connectivity index (χ3v) is 6.26. The first-order valence-corrected chi connectivity index (χ1v) is 11.2. The van der Waals surface area contributed by atoms with Crippen LogP contribution in [0.3, 0.4) is 0 Å². The lowest BCUT2D eigenvalue weighted by Gasteiger charge is -2.34. The monoisotopic (exact) mass is 438 g/mol. The van der Waals surface area contributed by atoms with E-state index in [2.05, 4.69) is 9.97 Å². The van der Waals surface area contributed by atoms with Gasteiger partial charge in [-0.05, 0) is 36.5 Å². The summed E-state index contributed by atoms with van der Waals surface area (Å²) in [5, 5.41) is 0. The molecular weight excluding hydrogens is 408 g/mol. The third-order valence-electron chi connectivity index (χ3n) is 6.26. The fourth-order valence-electron chi connectivity index (χ4n) is 4.41. The Hall–Kier alpha value is -3.16. The standard InChI is InChI=1S/C24H30N4O4/c1-31-21-4-2-18(3-5-21)12-23(29)27-10-6-19(7-11-27)15-28-16-20(13-24(28)30)17-32-22-14-25-8-9-26-22/h2-5,8-9,14,19-20H,6-7,10-13,15-17H2,1H3. The number of hydrogen-bond acceptors (Lipinski definition) is 6. The molecule has 32 heavy (non-hydrogen) atoms. The second-order valence-electron chi connectivity index (χ2n) is 8.57. The number of likely N-dealkylation sites (tertiary alicyclic amines) is 2. The number of hydrogen-bond donors (Lipinski definition) is 0. The van der Waals surface area contributed by atoms with Crippen LogP contribution in [-0.2, 0) is 16.0 Å². The zero-order valence-electron chi connectivity index (χ0n) is 18.5. The van der Waals surface area contributed by atoms with Gasteiger partial charge in [-0.15, -0.1) is 0 Å². The first-order chi connectivity index (χ1) is 15.6. The minimum atomic E-state index is 0.159. The maximum absolute atomic E-state index is 12.7. The largest absolute Gasteiger partial charge is 0.497 e. The molecule has 8 nitrogen and oxygen atoms in total. The summed E-state index contributed by atoms with van der Waals surface area (Å²) in [6.45, 7) is 3.46. The molecule has 0 saturated carbocycles. The van der Waals surface area contributed by atoms with Crippen molar-refractivity contribution >= 4 is 11.8 Å². The normalized spacial score (nSPS) is 19.3. The van der Waals surface area contributed by atoms with Crippen LogP contribution in [0.25, 0.3) is 0 Å². The van der Waals surface area contributed by atoms with Gasteiger partial charge in [0.2, 0.25) is 17.7 Å². The average molecular weight is 439 g/mol. The molecule has 2 aliphatic heterocycles. The minimum absolute atomic E-state index is 0.159. The molecule has 1 aromatic carbocycles. The van der Waals surface area contributed by atoms with E-state index in [9.17, 15) is 9.59 Å². The highest BCUT2D eigenvalue weighted by Crippen LogP contribution is 2.25. The molecule has 3 heterocycles. The van der Waals surface area contributed by atoms with Crippen LogP contribution in [-0.4, -0.2) is 71.5 Å². The Morgan fingerprint density at radius 1 is 1.12 bits per heavy atom. The van der Waals surface area contributed by atoms with Crippen molar-refractivity contribution in [1.82, 2.24) is 19.8 Å². The van der Waals surface area contributed by atoms with Crippen molar-refractivity contribution in [2.24, 2.45) is 11.8 Å². The van der Waals surface area contributed by atoms with Crippen molar-refractivity contribution in [3.63, 3.8) is 0 Å². The van der Waals surface area contributed by atoms with E-state index < -0.39 is 0 Å². The van der Waals surface area contributed by atoms with Gasteiger partial charge in [0.25, 0.3) is 0 Å². The molecule has 4 rings (SSSR count). The molecule has 0 N–H and O–H groups in total. The lowest BCUT2D eigenvalue weighted by molar-refractivity contribution is -0.133. The van der Waals surface area contributed by atoms with Crippen molar-refractivity contribution in [3.05, 3.63) is 48.4 Å². The maximum atomic E-state index is 12.7. The fraction of sp³-hybridized carbons (Fsp3) is 0.500. The number of carbonyl (C=O) groups excluding carboxylic acids is 2. The van der Waals surface area contributed by atoms with Crippen molar-refractivity contribution < 1.29 is 19.1 Å². The first-order valence-electron chi connectivity index (χ1n) is 11.2. The van der Waals surface area contributed by atoms with E-state index >= 15 is 0 Å². The van der Waals surface area contributed by atoms with Crippen LogP contribution in [0.5, 0.6) is 11.6 Å². The molecule has 0 radical (unpaired) electrons. The van der Waals surface area contributed by atoms with E-state index in [-0.39, 0.29) is 17.7 Å². The Balaban J connectivity index is 1.19. The van der Waals surface area contributed by atoms with Crippen LogP contribution in [0.4, 0.5) is 0 Å². The predicted molar refractivity (Wildman–Crippen MR) is 118 cm³/mol. The van der Waals surface area contributed by atoms with Crippen molar-refractivity contribution in [3.8, 4) is 11.6 Å². The molecule has 2 aromatic rings. The molecule has 2 aliphatic rings. The highest BCUT2D eigenvalue weighted by atomic mass is 16.5. The van der Waals surface area contributed by atoms with E-state index in [1.807, 2.05) is 34.1 Å². The van der Waals surface area contributed by atoms with E-state index in [0.717, 1.165) is 50.3 Å². The molecule has 1 unspecified atom stereocenters. The topological polar surface area (TPSA) is 84.9 Å². The van der Waals surface area contributed by atoms with Gasteiger partial charge in [0, 0.05) is 50.9 Å². The average Bonchev–Trinajstić information content (AvgIpc) is 3.18. The van der Waals surface area contributed by atoms with Gasteiger partial charge >= 0.3 is 0 Å². The number of methoxy groups -OCH3 is 1. The van der Waals surface area contributed by atoms with E-state index in [0.29, 0.717) is 31.2 Å². The van der Waals surface area contributed by atoms with Crippen LogP contribution >= 0.6 is 0 Å². The van der Waals surface area contributed by atoms with Gasteiger partial charge in [-0.3, -0.25) is 14.6 Å². The Morgan fingerprint density at radius 2 is 1.91 bits per heavy atom. The summed E-state index contributed by atoms with van der Waals surface area (Å²) >= 11 is 0. The number of carbonyl (C=O) groups is 2. The van der Waals surface area contributed by atoms with Crippen LogP contribution in [0.2, 0.25) is 0 Å². The molecule has 0 aliphatic carbocycles. The van der Waals surface area contributed by atoms with Crippen LogP contribution < -0.4 is 9.47 Å². The maximum Gasteiger partial charge on any atom is 0.232 e. The zero-order valence-corrected chi connectivity index (χ0v) is 18.5. The Labute approximate surface area is 188 Å². The van der Waals surface area contributed by atoms with Gasteiger partial charge < -0.3 is 19.3 Å². The number of ether oxygens (including phenoxy) is 2. The van der Waals surface area contributed by atoms with Crippen LogP contribution in [0, 0.1) is 11.8 Å². The molecule has 170 valence electrons. The van der Waals surface area contributed by atoms with Crippen LogP contribution in [0.15, 0.2) is 42.9 Å². The predicted octanol–water partition coefficient (Wildman–Crippen LogP) is 2.19. The molecule has 1 aromatic heterocycles. The molecule has 0 spiro atoms. The summed E-state index contributed by atoms with van der Waals surface area (Å²) in [4.78, 5) is 37.1. The smallest absolute Gasteiger partial charge is 0.232 e. The second-order valence-corrected chi connectivity index (χ2v) is 8.57. The summed E-state index contributed by atoms with van der Waals surface area (Å²) in [5.74, 6) is 2.24. The van der Waals surface area contributed by atoms with E-state index in [1.54, 1.807) is 25.7 Å². The summed E-state index contributed by atoms with van der Waals surface area (Å²) in [6, 6.07) is 7.64. The third kappa shape index (κ3) is 5.75. The van der Waals surface area contributed by atoms with Crippen LogP contribution in [0.1, 0.15) is 24.8 Å². The highest BCUT2D eigenvalue weighted by Gasteiger charge is 2.33. The molecule has 8 heteroatoms. The second kappa shape index (κ2) is 10.4. The minimum Gasteiger partial charge on any atom is -0.497 e. The zero-order chi connectivity index (χ0) is 22.3. The van der Waals surface area contributed by atoms with Crippen molar-refractivity contribution in [1.29, 1.82) is 0 Å². The molecule has 1 atom stereocenters. The number of piperidine rings is 1. The van der Waals surface area contributed by atoms with E-state index in [1.165, 1.54) is 0 Å². The molecular formula is C24H30N4O4. The number of rotatable bonds is 8. The first kappa shape index (κ1) is 22.0. The summed E-state index contributed by atoms with van der Waals surface area (Å²) in [6.07, 6.45) is 7.56. The SMILES string of the molecule is COc1ccc(CC(=O)N2CCC(CN3CC(COc4cnccn4)CC3=O)CC2)cc1. The summed E-state index contributed by atoms with van der Waals surface area (Å²) < 4.78 is 10.8. The number of amides is 2. The molecule has 2 amide bonds. The Bertz CT molecular complexity index is 898. The number of benzene rings is 1. The molecule has 0 bridgehead atoms. The Morgan fingerprint density at radius 3 is 2.59 bits per heavy atom. The van der Waals surface area contributed by atoms with Crippen molar-refractivity contribution in [2.45, 2.75) is 25.7 Å². The number of aromatic nitrogens is 2. The van der Waals surface area contributed by atoms with Gasteiger partial charge in [0.05, 0.1) is 26.3 Å². The summed E-state index contributed by atoms with van der Waals surface area (Å²) in [7, 11) is 1.63. The lowest BCUT2D eigenvalue weighted by Crippen LogP contribution is -2.42. The quantitative estimate of drug-likeness (QED) is 0.628. The highest BCUT2D eigenvalue weighted by molar-refractivity contribution is 5.79. The van der Waals surface area contributed by atoms with E-state index in [4.69, 9.17) is 9.47 Å². The van der Waals surface area contributed by atoms with Gasteiger partial charge in [0.15, 0.2) is 0 Å². The van der Waals surface area contributed by atoms with Gasteiger partial charge in [-0.25, -0.2) is 4.98 Å². The lowest BCUT2D eigenvalue weighted by atomic mass is 9.95. The summed E-state index contributed by atoms with van der Waals surface area (Å²) in [5.41, 5.74) is 0.996. The van der Waals surface area contributed by atoms with Crippen molar-refractivity contribution in [2.75, 3.05) is 39.9 Å². The fourth-order valence-corrected chi connectivity index (χ4v) is 4.41. The van der Waals surface area contributed by atoms with Gasteiger partial charge in [0.1, 0.15) is 5.75 Å². The molecule has 2 saturated heterocycles. The number of nitrogens with zero attached hydrogens (tertiary/aromatic N) is 4. The van der Waals surface area contributed by atoms with Gasteiger partial charge in [-0.2, -0.15) is 0 Å².